The van der Waals surface area contributed by atoms with Crippen LogP contribution in [0.5, 0.6) is 0 Å². The van der Waals surface area contributed by atoms with Crippen LogP contribution in [0.25, 0.3) is 4.96 Å². The van der Waals surface area contributed by atoms with Gasteiger partial charge >= 0.3 is 5.97 Å². The first-order chi connectivity index (χ1) is 9.49. The van der Waals surface area contributed by atoms with E-state index in [1.165, 1.54) is 29.0 Å². The number of fused-ring (bicyclic) bond motifs is 1. The van der Waals surface area contributed by atoms with Crippen molar-refractivity contribution in [2.45, 2.75) is 31.3 Å². The van der Waals surface area contributed by atoms with Crippen molar-refractivity contribution in [1.29, 1.82) is 0 Å². The van der Waals surface area contributed by atoms with Crippen LogP contribution in [0, 0.1) is 6.92 Å². The van der Waals surface area contributed by atoms with E-state index < -0.39 is 0 Å². The van der Waals surface area contributed by atoms with Gasteiger partial charge in [-0.3, -0.25) is 9.59 Å². The molecule has 0 saturated carbocycles. The van der Waals surface area contributed by atoms with Gasteiger partial charge in [-0.15, -0.1) is 0 Å². The minimum absolute atomic E-state index is 0.140. The Hall–Kier alpha value is -1.41. The van der Waals surface area contributed by atoms with Crippen LogP contribution in [0.2, 0.25) is 0 Å². The van der Waals surface area contributed by atoms with Crippen LogP contribution in [0.3, 0.4) is 0 Å². The van der Waals surface area contributed by atoms with E-state index >= 15 is 0 Å². The van der Waals surface area contributed by atoms with Gasteiger partial charge in [-0.05, 0) is 6.92 Å². The standard InChI is InChI=1S/C12H15N3O3S2/c1-7-4-10(16)15-12(13-7)20-9(14-15)6-19-8(2)5-11(17)18-3/h4,8H,5-6H2,1-3H3. The first-order valence-electron chi connectivity index (χ1n) is 6.04. The fraction of sp³-hybridized carbons (Fsp3) is 0.500. The van der Waals surface area contributed by atoms with Crippen LogP contribution in [0.15, 0.2) is 10.9 Å². The van der Waals surface area contributed by atoms with Gasteiger partial charge < -0.3 is 4.74 Å². The third-order valence-corrected chi connectivity index (χ3v) is 4.86. The Kier molecular flexibility index (Phi) is 4.77. The predicted octanol–water partition coefficient (Wildman–Crippen LogP) is 1.64. The van der Waals surface area contributed by atoms with Gasteiger partial charge in [0.2, 0.25) is 4.96 Å². The van der Waals surface area contributed by atoms with Crippen molar-refractivity contribution in [3.63, 3.8) is 0 Å². The van der Waals surface area contributed by atoms with Gasteiger partial charge in [-0.25, -0.2) is 4.98 Å². The molecule has 0 radical (unpaired) electrons. The number of carbonyl (C=O) groups is 1. The number of esters is 1. The maximum atomic E-state index is 11.7. The Bertz CT molecular complexity index is 680. The summed E-state index contributed by atoms with van der Waals surface area (Å²) in [6, 6.07) is 1.46. The first-order valence-corrected chi connectivity index (χ1v) is 7.91. The first kappa shape index (κ1) is 15.0. The summed E-state index contributed by atoms with van der Waals surface area (Å²) in [5.41, 5.74) is 0.527. The molecule has 20 heavy (non-hydrogen) atoms. The summed E-state index contributed by atoms with van der Waals surface area (Å²) in [4.78, 5) is 27.8. The molecule has 0 spiro atoms. The van der Waals surface area contributed by atoms with Crippen LogP contribution in [0.1, 0.15) is 24.0 Å². The Morgan fingerprint density at radius 3 is 3.05 bits per heavy atom. The van der Waals surface area contributed by atoms with Gasteiger partial charge in [0.25, 0.3) is 5.56 Å². The maximum Gasteiger partial charge on any atom is 0.306 e. The van der Waals surface area contributed by atoms with Crippen molar-refractivity contribution in [1.82, 2.24) is 14.6 Å². The highest BCUT2D eigenvalue weighted by molar-refractivity contribution is 7.99. The van der Waals surface area contributed by atoms with Crippen LogP contribution in [-0.4, -0.2) is 32.9 Å². The fourth-order valence-electron chi connectivity index (χ4n) is 1.61. The van der Waals surface area contributed by atoms with Crippen molar-refractivity contribution >= 4 is 34.0 Å². The molecule has 0 bridgehead atoms. The molecule has 1 unspecified atom stereocenters. The normalized spacial score (nSPS) is 12.6. The SMILES string of the molecule is COC(=O)CC(C)SCc1nn2c(=O)cc(C)nc2s1. The second kappa shape index (κ2) is 6.36. The fourth-order valence-corrected chi connectivity index (χ4v) is 3.53. The lowest BCUT2D eigenvalue weighted by Crippen LogP contribution is -2.14. The zero-order chi connectivity index (χ0) is 14.7. The second-order valence-corrected chi connectivity index (χ2v) is 6.80. The lowest BCUT2D eigenvalue weighted by atomic mass is 10.3. The van der Waals surface area contributed by atoms with E-state index in [1.54, 1.807) is 18.7 Å². The molecule has 0 aliphatic carbocycles. The molecule has 1 atom stereocenters. The smallest absolute Gasteiger partial charge is 0.306 e. The van der Waals surface area contributed by atoms with Crippen molar-refractivity contribution in [3.8, 4) is 0 Å². The molecule has 108 valence electrons. The Morgan fingerprint density at radius 2 is 2.35 bits per heavy atom. The van der Waals surface area contributed by atoms with Gasteiger partial charge in [-0.2, -0.15) is 21.4 Å². The number of hydrogen-bond donors (Lipinski definition) is 0. The predicted molar refractivity (Wildman–Crippen MR) is 79.3 cm³/mol. The minimum Gasteiger partial charge on any atom is -0.469 e. The highest BCUT2D eigenvalue weighted by Crippen LogP contribution is 2.22. The number of methoxy groups -OCH3 is 1. The van der Waals surface area contributed by atoms with E-state index in [4.69, 9.17) is 0 Å². The van der Waals surface area contributed by atoms with Crippen molar-refractivity contribution < 1.29 is 9.53 Å². The zero-order valence-corrected chi connectivity index (χ0v) is 13.1. The molecule has 2 aromatic rings. The molecule has 0 aliphatic heterocycles. The molecule has 6 nitrogen and oxygen atoms in total. The Balaban J connectivity index is 2.05. The summed E-state index contributed by atoms with van der Waals surface area (Å²) in [6.45, 7) is 3.75. The molecular weight excluding hydrogens is 298 g/mol. The summed E-state index contributed by atoms with van der Waals surface area (Å²) in [6.07, 6.45) is 0.364. The topological polar surface area (TPSA) is 73.6 Å². The molecule has 2 rings (SSSR count). The van der Waals surface area contributed by atoms with Crippen LogP contribution < -0.4 is 5.56 Å². The summed E-state index contributed by atoms with van der Waals surface area (Å²) in [5, 5.41) is 5.21. The number of nitrogens with zero attached hydrogens (tertiary/aromatic N) is 3. The van der Waals surface area contributed by atoms with Gasteiger partial charge in [-0.1, -0.05) is 18.3 Å². The van der Waals surface area contributed by atoms with Gasteiger partial charge in [0, 0.05) is 22.8 Å². The summed E-state index contributed by atoms with van der Waals surface area (Å²) in [5.74, 6) is 0.424. The summed E-state index contributed by atoms with van der Waals surface area (Å²) in [7, 11) is 1.38. The molecule has 2 heterocycles. The van der Waals surface area contributed by atoms with Gasteiger partial charge in [0.15, 0.2) is 0 Å². The van der Waals surface area contributed by atoms with Gasteiger partial charge in [0.05, 0.1) is 13.5 Å². The molecule has 8 heteroatoms. The maximum absolute atomic E-state index is 11.7. The average Bonchev–Trinajstić information content (AvgIpc) is 2.79. The molecule has 0 saturated heterocycles. The zero-order valence-electron chi connectivity index (χ0n) is 11.5. The van der Waals surface area contributed by atoms with Gasteiger partial charge in [0.1, 0.15) is 5.01 Å². The van der Waals surface area contributed by atoms with Crippen LogP contribution >= 0.6 is 23.1 Å². The number of rotatable bonds is 5. The number of ether oxygens (including phenoxy) is 1. The second-order valence-electron chi connectivity index (χ2n) is 4.33. The molecule has 0 N–H and O–H groups in total. The molecule has 2 aromatic heterocycles. The van der Waals surface area contributed by atoms with E-state index in [0.717, 1.165) is 5.01 Å². The lowest BCUT2D eigenvalue weighted by Gasteiger charge is -2.07. The molecule has 0 aromatic carbocycles. The Morgan fingerprint density at radius 1 is 1.60 bits per heavy atom. The van der Waals surface area contributed by atoms with E-state index in [0.29, 0.717) is 22.8 Å². The van der Waals surface area contributed by atoms with Crippen molar-refractivity contribution in [2.24, 2.45) is 0 Å². The van der Waals surface area contributed by atoms with E-state index in [-0.39, 0.29) is 16.8 Å². The van der Waals surface area contributed by atoms with E-state index in [1.807, 2.05) is 6.92 Å². The third kappa shape index (κ3) is 3.57. The Labute approximate surface area is 124 Å². The largest absolute Gasteiger partial charge is 0.469 e. The highest BCUT2D eigenvalue weighted by atomic mass is 32.2. The third-order valence-electron chi connectivity index (χ3n) is 2.59. The van der Waals surface area contributed by atoms with Crippen LogP contribution in [0.4, 0.5) is 0 Å². The highest BCUT2D eigenvalue weighted by Gasteiger charge is 2.12. The molecule has 0 aliphatic rings. The molecule has 0 fully saturated rings. The average molecular weight is 313 g/mol. The summed E-state index contributed by atoms with van der Waals surface area (Å²) >= 11 is 3.00. The van der Waals surface area contributed by atoms with Crippen LogP contribution in [-0.2, 0) is 15.3 Å². The monoisotopic (exact) mass is 313 g/mol. The van der Waals surface area contributed by atoms with Crippen molar-refractivity contribution in [3.05, 3.63) is 27.1 Å². The van der Waals surface area contributed by atoms with Crippen molar-refractivity contribution in [2.75, 3.05) is 7.11 Å². The summed E-state index contributed by atoms with van der Waals surface area (Å²) < 4.78 is 5.95. The molecular formula is C12H15N3O3S2. The van der Waals surface area contributed by atoms with E-state index in [9.17, 15) is 9.59 Å². The van der Waals surface area contributed by atoms with E-state index in [2.05, 4.69) is 14.8 Å². The number of hydrogen-bond acceptors (Lipinski definition) is 7. The molecule has 0 amide bonds. The minimum atomic E-state index is -0.220. The number of thioether (sulfide) groups is 1. The number of carbonyl (C=O) groups excluding carboxylic acids is 1. The lowest BCUT2D eigenvalue weighted by molar-refractivity contribution is -0.140. The number of aromatic nitrogens is 3. The quantitative estimate of drug-likeness (QED) is 0.781. The number of aryl methyl sites for hydroxylation is 1.